The molecule has 0 radical (unpaired) electrons. The Morgan fingerprint density at radius 3 is 2.48 bits per heavy atom. The summed E-state index contributed by atoms with van der Waals surface area (Å²) >= 11 is 0. The quantitative estimate of drug-likeness (QED) is 0.731. The minimum absolute atomic E-state index is 0.204. The summed E-state index contributed by atoms with van der Waals surface area (Å²) in [7, 11) is -1.26. The summed E-state index contributed by atoms with van der Waals surface area (Å²) in [6.45, 7) is 1.28. The van der Waals surface area contributed by atoms with Crippen LogP contribution in [0, 0.1) is 0 Å². The van der Waals surface area contributed by atoms with E-state index in [9.17, 15) is 13.8 Å². The van der Waals surface area contributed by atoms with Crippen molar-refractivity contribution < 1.29 is 23.3 Å². The number of para-hydroxylation sites is 1. The first kappa shape index (κ1) is 18.7. The van der Waals surface area contributed by atoms with E-state index < -0.39 is 29.3 Å². The minimum atomic E-state index is -1.26. The zero-order valence-corrected chi connectivity index (χ0v) is 14.6. The smallest absolute Gasteiger partial charge is 0.319 e. The zero-order chi connectivity index (χ0) is 18.1. The second-order valence-corrected chi connectivity index (χ2v) is 6.77. The molecule has 0 aliphatic rings. The van der Waals surface area contributed by atoms with Crippen molar-refractivity contribution in [1.29, 1.82) is 0 Å². The van der Waals surface area contributed by atoms with Crippen molar-refractivity contribution >= 4 is 28.4 Å². The predicted octanol–water partition coefficient (Wildman–Crippen LogP) is 2.73. The number of benzene rings is 2. The van der Waals surface area contributed by atoms with Crippen molar-refractivity contribution in [1.82, 2.24) is 0 Å². The molecular formula is C18H19NO5S. The van der Waals surface area contributed by atoms with Gasteiger partial charge in [0.05, 0.1) is 0 Å². The van der Waals surface area contributed by atoms with Gasteiger partial charge in [0, 0.05) is 28.3 Å². The van der Waals surface area contributed by atoms with Crippen LogP contribution in [0.15, 0.2) is 54.6 Å². The number of carbonyl (C=O) groups is 2. The Balaban J connectivity index is 1.85. The lowest BCUT2D eigenvalue weighted by Gasteiger charge is -2.09. The molecule has 2 aromatic rings. The van der Waals surface area contributed by atoms with Crippen molar-refractivity contribution in [3.05, 3.63) is 54.6 Å². The molecule has 132 valence electrons. The van der Waals surface area contributed by atoms with Crippen LogP contribution < -0.4 is 10.1 Å². The Kier molecular flexibility index (Phi) is 7.16. The van der Waals surface area contributed by atoms with Gasteiger partial charge in [-0.3, -0.25) is 13.8 Å². The molecule has 2 rings (SSSR count). The summed E-state index contributed by atoms with van der Waals surface area (Å²) in [5, 5.41) is 2.62. The van der Waals surface area contributed by atoms with Crippen molar-refractivity contribution in [2.24, 2.45) is 0 Å². The third-order valence-electron chi connectivity index (χ3n) is 3.06. The number of ether oxygens (including phenoxy) is 2. The van der Waals surface area contributed by atoms with Crippen LogP contribution in [0.2, 0.25) is 0 Å². The van der Waals surface area contributed by atoms with E-state index >= 15 is 0 Å². The fraction of sp³-hybridized carbons (Fsp3) is 0.222. The molecule has 0 saturated heterocycles. The van der Waals surface area contributed by atoms with Crippen LogP contribution in [-0.4, -0.2) is 34.2 Å². The summed E-state index contributed by atoms with van der Waals surface area (Å²) in [6.07, 6.45) is 0. The van der Waals surface area contributed by atoms with E-state index in [1.165, 1.54) is 0 Å². The van der Waals surface area contributed by atoms with Gasteiger partial charge in [-0.2, -0.15) is 0 Å². The van der Waals surface area contributed by atoms with E-state index in [1.54, 1.807) is 31.2 Å². The molecule has 0 saturated carbocycles. The van der Waals surface area contributed by atoms with E-state index in [2.05, 4.69) is 5.32 Å². The molecule has 0 fully saturated rings. The molecule has 0 aliphatic carbocycles. The molecule has 0 aromatic heterocycles. The molecule has 1 N–H and O–H groups in total. The fourth-order valence-electron chi connectivity index (χ4n) is 1.88. The number of hydrogen-bond acceptors (Lipinski definition) is 5. The molecule has 6 nitrogen and oxygen atoms in total. The third kappa shape index (κ3) is 6.76. The van der Waals surface area contributed by atoms with Crippen LogP contribution >= 0.6 is 0 Å². The third-order valence-corrected chi connectivity index (χ3v) is 4.26. The van der Waals surface area contributed by atoms with Gasteiger partial charge in [-0.15, -0.1) is 0 Å². The largest absolute Gasteiger partial charge is 0.457 e. The number of nitrogens with one attached hydrogen (secondary N) is 1. The number of amides is 1. The van der Waals surface area contributed by atoms with Gasteiger partial charge >= 0.3 is 5.97 Å². The van der Waals surface area contributed by atoms with Crippen LogP contribution in [0.1, 0.15) is 6.92 Å². The van der Waals surface area contributed by atoms with E-state index in [-0.39, 0.29) is 5.75 Å². The Bertz CT molecular complexity index is 748. The first-order valence-electron chi connectivity index (χ1n) is 7.70. The zero-order valence-electron chi connectivity index (χ0n) is 13.8. The van der Waals surface area contributed by atoms with E-state index in [4.69, 9.17) is 9.47 Å². The van der Waals surface area contributed by atoms with Gasteiger partial charge in [0.2, 0.25) is 0 Å². The standard InChI is InChI=1S/C18H19NO5S/c1-2-25(22)13-18(21)23-12-17(20)19-14-7-6-10-16(11-14)24-15-8-4-3-5-9-15/h3-11H,2,12-13H2,1H3,(H,19,20). The van der Waals surface area contributed by atoms with Gasteiger partial charge in [0.1, 0.15) is 17.3 Å². The Labute approximate surface area is 148 Å². The first-order valence-corrected chi connectivity index (χ1v) is 9.19. The Morgan fingerprint density at radius 2 is 1.76 bits per heavy atom. The van der Waals surface area contributed by atoms with Gasteiger partial charge < -0.3 is 14.8 Å². The van der Waals surface area contributed by atoms with Crippen LogP contribution in [0.4, 0.5) is 5.69 Å². The summed E-state index contributed by atoms with van der Waals surface area (Å²) in [5.74, 6) is 0.284. The maximum absolute atomic E-state index is 11.8. The molecule has 1 unspecified atom stereocenters. The second-order valence-electron chi connectivity index (χ2n) is 5.02. The number of hydrogen-bond donors (Lipinski definition) is 1. The Morgan fingerprint density at radius 1 is 1.04 bits per heavy atom. The lowest BCUT2D eigenvalue weighted by Crippen LogP contribution is -2.23. The van der Waals surface area contributed by atoms with Gasteiger partial charge in [0.15, 0.2) is 6.61 Å². The first-order chi connectivity index (χ1) is 12.1. The molecule has 2 aromatic carbocycles. The summed E-state index contributed by atoms with van der Waals surface area (Å²) in [6, 6.07) is 16.1. The number of anilines is 1. The second kappa shape index (κ2) is 9.58. The molecular weight excluding hydrogens is 342 g/mol. The summed E-state index contributed by atoms with van der Waals surface area (Å²) in [5.41, 5.74) is 0.520. The highest BCUT2D eigenvalue weighted by Gasteiger charge is 2.11. The molecule has 0 aliphatic heterocycles. The van der Waals surface area contributed by atoms with Crippen molar-refractivity contribution in [2.45, 2.75) is 6.92 Å². The average Bonchev–Trinajstić information content (AvgIpc) is 2.61. The molecule has 1 amide bonds. The Hall–Kier alpha value is -2.67. The maximum Gasteiger partial charge on any atom is 0.319 e. The highest BCUT2D eigenvalue weighted by Crippen LogP contribution is 2.23. The average molecular weight is 361 g/mol. The normalized spacial score (nSPS) is 11.4. The van der Waals surface area contributed by atoms with Gasteiger partial charge in [-0.1, -0.05) is 31.2 Å². The number of carbonyl (C=O) groups excluding carboxylic acids is 2. The topological polar surface area (TPSA) is 81.7 Å². The van der Waals surface area contributed by atoms with E-state index in [1.807, 2.05) is 30.3 Å². The molecule has 7 heteroatoms. The molecule has 0 spiro atoms. The van der Waals surface area contributed by atoms with Gasteiger partial charge in [-0.05, 0) is 24.3 Å². The van der Waals surface area contributed by atoms with E-state index in [0.29, 0.717) is 22.9 Å². The lowest BCUT2D eigenvalue weighted by atomic mass is 10.3. The van der Waals surface area contributed by atoms with Crippen LogP contribution in [-0.2, 0) is 25.1 Å². The van der Waals surface area contributed by atoms with Crippen LogP contribution in [0.5, 0.6) is 11.5 Å². The summed E-state index contributed by atoms with van der Waals surface area (Å²) in [4.78, 5) is 23.2. The molecule has 25 heavy (non-hydrogen) atoms. The highest BCUT2D eigenvalue weighted by atomic mass is 32.2. The molecule has 0 bridgehead atoms. The lowest BCUT2D eigenvalue weighted by molar-refractivity contribution is -0.144. The van der Waals surface area contributed by atoms with Crippen LogP contribution in [0.25, 0.3) is 0 Å². The highest BCUT2D eigenvalue weighted by molar-refractivity contribution is 7.85. The number of esters is 1. The SMILES string of the molecule is CCS(=O)CC(=O)OCC(=O)Nc1cccc(Oc2ccccc2)c1. The monoisotopic (exact) mass is 361 g/mol. The van der Waals surface area contributed by atoms with Gasteiger partial charge in [-0.25, -0.2) is 0 Å². The van der Waals surface area contributed by atoms with Crippen molar-refractivity contribution in [2.75, 3.05) is 23.4 Å². The molecule has 1 atom stereocenters. The van der Waals surface area contributed by atoms with E-state index in [0.717, 1.165) is 0 Å². The van der Waals surface area contributed by atoms with Gasteiger partial charge in [0.25, 0.3) is 5.91 Å². The van der Waals surface area contributed by atoms with Crippen molar-refractivity contribution in [3.63, 3.8) is 0 Å². The van der Waals surface area contributed by atoms with Crippen molar-refractivity contribution in [3.8, 4) is 11.5 Å². The minimum Gasteiger partial charge on any atom is -0.457 e. The fourth-order valence-corrected chi connectivity index (χ4v) is 2.43. The maximum atomic E-state index is 11.8. The number of rotatable bonds is 8. The predicted molar refractivity (Wildman–Crippen MR) is 96.1 cm³/mol. The summed E-state index contributed by atoms with van der Waals surface area (Å²) < 4.78 is 21.7. The van der Waals surface area contributed by atoms with Crippen LogP contribution in [0.3, 0.4) is 0 Å². The molecule has 0 heterocycles.